The Kier molecular flexibility index (Phi) is 4.66. The van der Waals surface area contributed by atoms with E-state index in [1.807, 2.05) is 13.8 Å². The molecule has 1 heterocycles. The fourth-order valence-electron chi connectivity index (χ4n) is 2.59. The first-order valence-corrected chi connectivity index (χ1v) is 8.95. The lowest BCUT2D eigenvalue weighted by atomic mass is 9.87. The molecule has 1 aromatic heterocycles. The summed E-state index contributed by atoms with van der Waals surface area (Å²) >= 11 is 1.49. The van der Waals surface area contributed by atoms with Gasteiger partial charge in [0.25, 0.3) is 0 Å². The van der Waals surface area contributed by atoms with Crippen molar-refractivity contribution in [2.75, 3.05) is 6.54 Å². The quantitative estimate of drug-likeness (QED) is 0.896. The first-order valence-electron chi connectivity index (χ1n) is 6.65. The van der Waals surface area contributed by atoms with Gasteiger partial charge in [0.05, 0.1) is 11.0 Å². The van der Waals surface area contributed by atoms with E-state index < -0.39 is 10.0 Å². The van der Waals surface area contributed by atoms with E-state index in [0.29, 0.717) is 11.4 Å². The van der Waals surface area contributed by atoms with Crippen LogP contribution in [-0.4, -0.2) is 26.2 Å². The predicted octanol–water partition coefficient (Wildman–Crippen LogP) is 2.19. The van der Waals surface area contributed by atoms with Gasteiger partial charge in [-0.15, -0.1) is 11.3 Å². The SMILES string of the molecule is Cc1cc(S(=O)(=O)NCC2CCCCC2O)c(C)s1. The minimum absolute atomic E-state index is 0.0450. The van der Waals surface area contributed by atoms with Crippen molar-refractivity contribution >= 4 is 21.4 Å². The van der Waals surface area contributed by atoms with Gasteiger partial charge in [0.15, 0.2) is 0 Å². The van der Waals surface area contributed by atoms with E-state index >= 15 is 0 Å². The summed E-state index contributed by atoms with van der Waals surface area (Å²) in [6, 6.07) is 1.71. The van der Waals surface area contributed by atoms with Crippen molar-refractivity contribution in [2.45, 2.75) is 50.5 Å². The van der Waals surface area contributed by atoms with Gasteiger partial charge in [-0.25, -0.2) is 13.1 Å². The van der Waals surface area contributed by atoms with Crippen molar-refractivity contribution in [2.24, 2.45) is 5.92 Å². The number of aryl methyl sites for hydroxylation is 2. The number of thiophene rings is 1. The molecule has 1 aliphatic carbocycles. The molecule has 1 aliphatic rings. The van der Waals surface area contributed by atoms with E-state index in [2.05, 4.69) is 4.72 Å². The zero-order valence-electron chi connectivity index (χ0n) is 11.3. The Morgan fingerprint density at radius 3 is 2.63 bits per heavy atom. The second kappa shape index (κ2) is 5.91. The van der Waals surface area contributed by atoms with Crippen LogP contribution >= 0.6 is 11.3 Å². The van der Waals surface area contributed by atoms with Crippen LogP contribution < -0.4 is 4.72 Å². The Labute approximate surface area is 118 Å². The largest absolute Gasteiger partial charge is 0.393 e. The average molecular weight is 303 g/mol. The Morgan fingerprint density at radius 1 is 1.37 bits per heavy atom. The zero-order chi connectivity index (χ0) is 14.0. The molecule has 0 radical (unpaired) electrons. The van der Waals surface area contributed by atoms with Gasteiger partial charge in [-0.2, -0.15) is 0 Å². The molecule has 0 bridgehead atoms. The third-order valence-corrected chi connectivity index (χ3v) is 6.33. The summed E-state index contributed by atoms with van der Waals surface area (Å²) in [4.78, 5) is 2.19. The molecule has 2 N–H and O–H groups in total. The average Bonchev–Trinajstić information content (AvgIpc) is 2.68. The molecule has 6 heteroatoms. The minimum atomic E-state index is -3.44. The molecule has 2 unspecified atom stereocenters. The third-order valence-electron chi connectivity index (χ3n) is 3.69. The van der Waals surface area contributed by atoms with Crippen molar-refractivity contribution < 1.29 is 13.5 Å². The highest BCUT2D eigenvalue weighted by Gasteiger charge is 2.26. The lowest BCUT2D eigenvalue weighted by Crippen LogP contribution is -2.36. The molecule has 2 rings (SSSR count). The van der Waals surface area contributed by atoms with Crippen LogP contribution in [0.25, 0.3) is 0 Å². The fraction of sp³-hybridized carbons (Fsp3) is 0.692. The van der Waals surface area contributed by atoms with Crippen molar-refractivity contribution in [3.63, 3.8) is 0 Å². The number of sulfonamides is 1. The zero-order valence-corrected chi connectivity index (χ0v) is 13.0. The predicted molar refractivity (Wildman–Crippen MR) is 76.9 cm³/mol. The van der Waals surface area contributed by atoms with Gasteiger partial charge in [0.1, 0.15) is 0 Å². The van der Waals surface area contributed by atoms with Crippen LogP contribution in [0.4, 0.5) is 0 Å². The first-order chi connectivity index (χ1) is 8.90. The van der Waals surface area contributed by atoms with Gasteiger partial charge >= 0.3 is 0 Å². The van der Waals surface area contributed by atoms with E-state index in [-0.39, 0.29) is 12.0 Å². The Balaban J connectivity index is 2.03. The van der Waals surface area contributed by atoms with Crippen molar-refractivity contribution in [3.8, 4) is 0 Å². The summed E-state index contributed by atoms with van der Waals surface area (Å²) < 4.78 is 27.1. The minimum Gasteiger partial charge on any atom is -0.393 e. The first kappa shape index (κ1) is 15.0. The van der Waals surface area contributed by atoms with Crippen LogP contribution in [0.3, 0.4) is 0 Å². The number of rotatable bonds is 4. The van der Waals surface area contributed by atoms with E-state index in [4.69, 9.17) is 0 Å². The Hall–Kier alpha value is -0.430. The van der Waals surface area contributed by atoms with Crippen LogP contribution in [0.1, 0.15) is 35.4 Å². The normalized spacial score (nSPS) is 24.6. The maximum atomic E-state index is 12.2. The molecule has 0 amide bonds. The summed E-state index contributed by atoms with van der Waals surface area (Å²) in [5.74, 6) is 0.0450. The van der Waals surface area contributed by atoms with Crippen LogP contribution in [0.2, 0.25) is 0 Å². The van der Waals surface area contributed by atoms with Crippen molar-refractivity contribution in [1.82, 2.24) is 4.72 Å². The highest BCUT2D eigenvalue weighted by Crippen LogP contribution is 2.26. The van der Waals surface area contributed by atoms with Crippen LogP contribution in [-0.2, 0) is 10.0 Å². The third kappa shape index (κ3) is 3.56. The summed E-state index contributed by atoms with van der Waals surface area (Å²) in [5, 5.41) is 9.86. The van der Waals surface area contributed by atoms with Crippen molar-refractivity contribution in [1.29, 1.82) is 0 Å². The number of hydrogen-bond acceptors (Lipinski definition) is 4. The maximum Gasteiger partial charge on any atom is 0.241 e. The second-order valence-electron chi connectivity index (χ2n) is 5.24. The highest BCUT2D eigenvalue weighted by molar-refractivity contribution is 7.89. The second-order valence-corrected chi connectivity index (χ2v) is 8.44. The molecule has 1 fully saturated rings. The molecule has 0 aromatic carbocycles. The van der Waals surface area contributed by atoms with Gasteiger partial charge in [-0.05, 0) is 38.7 Å². The number of aliphatic hydroxyl groups is 1. The smallest absolute Gasteiger partial charge is 0.241 e. The molecule has 0 spiro atoms. The fourth-order valence-corrected chi connectivity index (χ4v) is 5.24. The van der Waals surface area contributed by atoms with Gasteiger partial charge in [0.2, 0.25) is 10.0 Å². The Bertz CT molecular complexity index is 536. The number of aliphatic hydroxyl groups excluding tert-OH is 1. The molecule has 4 nitrogen and oxygen atoms in total. The van der Waals surface area contributed by atoms with Gasteiger partial charge in [-0.1, -0.05) is 12.8 Å². The lowest BCUT2D eigenvalue weighted by Gasteiger charge is -2.27. The van der Waals surface area contributed by atoms with E-state index in [1.165, 1.54) is 11.3 Å². The van der Waals surface area contributed by atoms with Crippen LogP contribution in [0.5, 0.6) is 0 Å². The molecule has 108 valence electrons. The monoisotopic (exact) mass is 303 g/mol. The molecule has 19 heavy (non-hydrogen) atoms. The molecular formula is C13H21NO3S2. The molecule has 1 aromatic rings. The molecule has 0 aliphatic heterocycles. The number of hydrogen-bond donors (Lipinski definition) is 2. The summed E-state index contributed by atoms with van der Waals surface area (Å²) in [7, 11) is -3.44. The maximum absolute atomic E-state index is 12.2. The lowest BCUT2D eigenvalue weighted by molar-refractivity contribution is 0.0724. The molecule has 1 saturated carbocycles. The van der Waals surface area contributed by atoms with Crippen molar-refractivity contribution in [3.05, 3.63) is 15.8 Å². The van der Waals surface area contributed by atoms with Gasteiger partial charge in [0, 0.05) is 16.3 Å². The van der Waals surface area contributed by atoms with Gasteiger partial charge < -0.3 is 5.11 Å². The Morgan fingerprint density at radius 2 is 2.05 bits per heavy atom. The summed E-state index contributed by atoms with van der Waals surface area (Å²) in [6.45, 7) is 4.06. The molecular weight excluding hydrogens is 282 g/mol. The van der Waals surface area contributed by atoms with E-state index in [0.717, 1.165) is 35.4 Å². The molecule has 2 atom stereocenters. The van der Waals surface area contributed by atoms with Crippen LogP contribution in [0, 0.1) is 19.8 Å². The summed E-state index contributed by atoms with van der Waals surface area (Å²) in [6.07, 6.45) is 3.41. The van der Waals surface area contributed by atoms with Gasteiger partial charge in [-0.3, -0.25) is 0 Å². The van der Waals surface area contributed by atoms with E-state index in [9.17, 15) is 13.5 Å². The topological polar surface area (TPSA) is 66.4 Å². The standard InChI is InChI=1S/C13H21NO3S2/c1-9-7-13(10(2)18-9)19(16,17)14-8-11-5-3-4-6-12(11)15/h7,11-12,14-15H,3-6,8H2,1-2H3. The van der Waals surface area contributed by atoms with E-state index in [1.54, 1.807) is 6.07 Å². The molecule has 0 saturated heterocycles. The number of nitrogens with one attached hydrogen (secondary N) is 1. The summed E-state index contributed by atoms with van der Waals surface area (Å²) in [5.41, 5.74) is 0. The highest BCUT2D eigenvalue weighted by atomic mass is 32.2. The van der Waals surface area contributed by atoms with Crippen LogP contribution in [0.15, 0.2) is 11.0 Å².